The van der Waals surface area contributed by atoms with Gasteiger partial charge in [0.1, 0.15) is 11.4 Å². The molecular formula is C16H26N2O7P2. The summed E-state index contributed by atoms with van der Waals surface area (Å²) in [6, 6.07) is 12.3. The van der Waals surface area contributed by atoms with Gasteiger partial charge >= 0.3 is 0 Å². The average Bonchev–Trinajstić information content (AvgIpc) is 2.48. The molecule has 0 spiro atoms. The van der Waals surface area contributed by atoms with Crippen LogP contribution in [0.25, 0.3) is 0 Å². The molecule has 0 aromatic heterocycles. The Kier molecular flexibility index (Phi) is 10.3. The van der Waals surface area contributed by atoms with Crippen LogP contribution in [0.4, 0.5) is 11.4 Å². The minimum atomic E-state index is -5.36. The molecule has 0 radical (unpaired) electrons. The fourth-order valence-electron chi connectivity index (χ4n) is 1.75. The highest BCUT2D eigenvalue weighted by Gasteiger charge is 2.10. The summed E-state index contributed by atoms with van der Waals surface area (Å²) in [5.74, 6) is 0. The van der Waals surface area contributed by atoms with Crippen LogP contribution >= 0.6 is 15.6 Å². The molecule has 8 N–H and O–H groups in total. The molecule has 0 fully saturated rings. The van der Waals surface area contributed by atoms with Crippen LogP contribution < -0.4 is 21.3 Å². The number of benzene rings is 2. The van der Waals surface area contributed by atoms with Crippen LogP contribution in [0.3, 0.4) is 0 Å². The fourth-order valence-corrected chi connectivity index (χ4v) is 2.80. The summed E-state index contributed by atoms with van der Waals surface area (Å²) in [5, 5.41) is 0. The Hall–Kier alpha value is -1.38. The van der Waals surface area contributed by atoms with E-state index < -0.39 is 15.6 Å². The van der Waals surface area contributed by atoms with Crippen LogP contribution in [-0.4, -0.2) is 9.79 Å². The normalized spacial score (nSPS) is 14.6. The molecule has 0 aliphatic rings. The lowest BCUT2D eigenvalue weighted by Crippen LogP contribution is -2.41. The number of rotatable bonds is 2. The minimum Gasteiger partial charge on any atom is -0.756 e. The third-order valence-electron chi connectivity index (χ3n) is 3.64. The predicted octanol–water partition coefficient (Wildman–Crippen LogP) is 0.278. The topological polar surface area (TPSA) is 185 Å². The van der Waals surface area contributed by atoms with E-state index in [2.05, 4.69) is 55.6 Å². The maximum absolute atomic E-state index is 9.48. The first-order valence-electron chi connectivity index (χ1n) is 7.69. The molecule has 0 aliphatic carbocycles. The van der Waals surface area contributed by atoms with Crippen molar-refractivity contribution in [3.05, 3.63) is 58.7 Å². The van der Waals surface area contributed by atoms with Gasteiger partial charge in [0.25, 0.3) is 15.6 Å². The lowest BCUT2D eigenvalue weighted by molar-refractivity contribution is -0.256. The van der Waals surface area contributed by atoms with E-state index in [0.717, 1.165) is 11.4 Å². The highest BCUT2D eigenvalue weighted by Crippen LogP contribution is 2.48. The smallest absolute Gasteiger partial charge is 0.271 e. The van der Waals surface area contributed by atoms with Gasteiger partial charge in [-0.15, -0.1) is 0 Å². The first-order chi connectivity index (χ1) is 12.1. The van der Waals surface area contributed by atoms with E-state index >= 15 is 0 Å². The van der Waals surface area contributed by atoms with Crippen molar-refractivity contribution in [1.29, 1.82) is 0 Å². The van der Waals surface area contributed by atoms with Gasteiger partial charge < -0.3 is 31.0 Å². The summed E-state index contributed by atoms with van der Waals surface area (Å²) in [5.41, 5.74) is 15.3. The molecule has 152 valence electrons. The zero-order valence-corrected chi connectivity index (χ0v) is 17.5. The van der Waals surface area contributed by atoms with Gasteiger partial charge in [-0.25, -0.2) is 4.31 Å². The van der Waals surface area contributed by atoms with Crippen LogP contribution in [-0.2, 0) is 13.4 Å². The largest absolute Gasteiger partial charge is 0.756 e. The number of hydrogen-bond donors (Lipinski definition) is 4. The standard InChI is InChI=1S/2C8H11N.H4O7P2/c2*1-6-4-3-5-8(9)7(6)2;1-8(2,3)7-9(4,5)6/h2*3-5H,9H2,1-2H3;(H2,1,2,3)(H2,4,5,6). The number of quaternary nitrogens is 2. The molecular weight excluding hydrogens is 394 g/mol. The second kappa shape index (κ2) is 10.8. The maximum Gasteiger partial charge on any atom is 0.271 e. The highest BCUT2D eigenvalue weighted by molar-refractivity contribution is 7.58. The maximum atomic E-state index is 9.48. The number of hydrogen-bond acceptors (Lipinski definition) is 5. The molecule has 0 saturated carbocycles. The quantitative estimate of drug-likeness (QED) is 0.502. The first kappa shape index (κ1) is 25.6. The van der Waals surface area contributed by atoms with Crippen LogP contribution in [0.15, 0.2) is 36.4 Å². The van der Waals surface area contributed by atoms with E-state index in [1.807, 2.05) is 24.3 Å². The summed E-state index contributed by atoms with van der Waals surface area (Å²) >= 11 is 0. The molecule has 0 bridgehead atoms. The summed E-state index contributed by atoms with van der Waals surface area (Å²) in [6.45, 7) is 8.39. The highest BCUT2D eigenvalue weighted by atomic mass is 31.3. The van der Waals surface area contributed by atoms with Crippen molar-refractivity contribution in [3.8, 4) is 0 Å². The first-order valence-corrected chi connectivity index (χ1v) is 10.7. The average molecular weight is 420 g/mol. The Labute approximate surface area is 158 Å². The predicted molar refractivity (Wildman–Crippen MR) is 97.7 cm³/mol. The van der Waals surface area contributed by atoms with E-state index in [9.17, 15) is 18.9 Å². The van der Waals surface area contributed by atoms with Crippen LogP contribution in [0, 0.1) is 27.7 Å². The van der Waals surface area contributed by atoms with Gasteiger partial charge in [0.05, 0.1) is 0 Å². The van der Waals surface area contributed by atoms with Crippen molar-refractivity contribution < 1.29 is 44.5 Å². The molecule has 2 aromatic carbocycles. The van der Waals surface area contributed by atoms with Crippen molar-refractivity contribution in [2.45, 2.75) is 27.7 Å². The summed E-state index contributed by atoms with van der Waals surface area (Å²) in [4.78, 5) is 34.1. The molecule has 0 heterocycles. The van der Waals surface area contributed by atoms with Gasteiger partial charge in [-0.2, -0.15) is 0 Å². The Bertz CT molecular complexity index is 737. The number of phosphoric acid groups is 2. The van der Waals surface area contributed by atoms with Gasteiger partial charge in [0.2, 0.25) is 0 Å². The van der Waals surface area contributed by atoms with E-state index in [4.69, 9.17) is 9.79 Å². The zero-order chi connectivity index (χ0) is 21.4. The van der Waals surface area contributed by atoms with Gasteiger partial charge in [-0.05, 0) is 51.0 Å². The van der Waals surface area contributed by atoms with E-state index in [0.29, 0.717) is 0 Å². The molecule has 0 amide bonds. The van der Waals surface area contributed by atoms with Crippen molar-refractivity contribution in [2.24, 2.45) is 0 Å². The van der Waals surface area contributed by atoms with Gasteiger partial charge in [-0.3, -0.25) is 9.13 Å². The van der Waals surface area contributed by atoms with Crippen LogP contribution in [0.5, 0.6) is 0 Å². The molecule has 9 nitrogen and oxygen atoms in total. The summed E-state index contributed by atoms with van der Waals surface area (Å²) in [7, 11) is -10.7. The molecule has 2 unspecified atom stereocenters. The number of aryl methyl sites for hydroxylation is 2. The Morgan fingerprint density at radius 3 is 1.22 bits per heavy atom. The van der Waals surface area contributed by atoms with Crippen molar-refractivity contribution in [3.63, 3.8) is 0 Å². The third kappa shape index (κ3) is 11.8. The summed E-state index contributed by atoms with van der Waals surface area (Å²) in [6.07, 6.45) is 0. The lowest BCUT2D eigenvalue weighted by atomic mass is 10.1. The molecule has 2 atom stereocenters. The molecule has 0 saturated heterocycles. The fraction of sp³-hybridized carbons (Fsp3) is 0.250. The van der Waals surface area contributed by atoms with E-state index in [1.165, 1.54) is 22.3 Å². The SMILES string of the molecule is Cc1cccc([NH3+])c1C.Cc1cccc([NH3+])c1C.O=P([O-])(O)OP(=O)([O-])O. The summed E-state index contributed by atoms with van der Waals surface area (Å²) < 4.78 is 21.7. The van der Waals surface area contributed by atoms with E-state index in [1.54, 1.807) is 0 Å². The van der Waals surface area contributed by atoms with Gasteiger partial charge in [0, 0.05) is 11.1 Å². The molecule has 2 aromatic rings. The molecule has 0 aliphatic heterocycles. The Morgan fingerprint density at radius 2 is 1.07 bits per heavy atom. The van der Waals surface area contributed by atoms with Crippen LogP contribution in [0.1, 0.15) is 22.3 Å². The van der Waals surface area contributed by atoms with Gasteiger partial charge in [0.15, 0.2) is 0 Å². The molecule has 11 heteroatoms. The van der Waals surface area contributed by atoms with Crippen molar-refractivity contribution in [2.75, 3.05) is 0 Å². The third-order valence-corrected chi connectivity index (χ3v) is 5.29. The van der Waals surface area contributed by atoms with Gasteiger partial charge in [-0.1, -0.05) is 24.3 Å². The Morgan fingerprint density at radius 1 is 0.778 bits per heavy atom. The lowest BCUT2D eigenvalue weighted by Gasteiger charge is -2.22. The second-order valence-electron chi connectivity index (χ2n) is 5.74. The van der Waals surface area contributed by atoms with Crippen LogP contribution in [0.2, 0.25) is 0 Å². The van der Waals surface area contributed by atoms with E-state index in [-0.39, 0.29) is 0 Å². The molecule has 2 rings (SSSR count). The second-order valence-corrected chi connectivity index (χ2v) is 8.26. The van der Waals surface area contributed by atoms with Crippen molar-refractivity contribution in [1.82, 2.24) is 0 Å². The monoisotopic (exact) mass is 420 g/mol. The van der Waals surface area contributed by atoms with Crippen molar-refractivity contribution >= 4 is 27.0 Å². The Balaban J connectivity index is 0.000000376. The minimum absolute atomic E-state index is 1.13. The molecule has 27 heavy (non-hydrogen) atoms. The zero-order valence-electron chi connectivity index (χ0n) is 15.7.